The van der Waals surface area contributed by atoms with Crippen molar-refractivity contribution in [3.8, 4) is 11.5 Å². The van der Waals surface area contributed by atoms with E-state index in [1.165, 1.54) is 7.11 Å². The molecule has 0 unspecified atom stereocenters. The van der Waals surface area contributed by atoms with Gasteiger partial charge in [0.1, 0.15) is 6.54 Å². The molecule has 0 atom stereocenters. The monoisotopic (exact) mass is 559 g/mol. The van der Waals surface area contributed by atoms with Crippen LogP contribution >= 0.6 is 11.8 Å². The topological polar surface area (TPSA) is 114 Å². The van der Waals surface area contributed by atoms with Crippen molar-refractivity contribution in [1.82, 2.24) is 4.90 Å². The highest BCUT2D eigenvalue weighted by molar-refractivity contribution is 8.18. The average molecular weight is 560 g/mol. The van der Waals surface area contributed by atoms with Gasteiger partial charge in [-0.2, -0.15) is 0 Å². The Kier molecular flexibility index (Phi) is 8.90. The van der Waals surface area contributed by atoms with E-state index in [1.54, 1.807) is 24.3 Å². The van der Waals surface area contributed by atoms with Gasteiger partial charge in [0.2, 0.25) is 5.91 Å². The highest BCUT2D eigenvalue weighted by atomic mass is 32.2. The van der Waals surface area contributed by atoms with Gasteiger partial charge in [0.15, 0.2) is 18.1 Å². The summed E-state index contributed by atoms with van der Waals surface area (Å²) in [6, 6.07) is 18.0. The largest absolute Gasteiger partial charge is 0.493 e. The molecule has 2 N–H and O–H groups in total. The number of benzene rings is 3. The van der Waals surface area contributed by atoms with E-state index in [1.807, 2.05) is 63.2 Å². The second-order valence-corrected chi connectivity index (χ2v) is 10.1. The number of hydrogen-bond acceptors (Lipinski definition) is 7. The number of nitrogens with one attached hydrogen (secondary N) is 2. The molecule has 1 saturated heterocycles. The highest BCUT2D eigenvalue weighted by Gasteiger charge is 2.36. The number of rotatable bonds is 9. The lowest BCUT2D eigenvalue weighted by Crippen LogP contribution is -2.36. The van der Waals surface area contributed by atoms with E-state index in [9.17, 15) is 19.2 Å². The molecule has 4 rings (SSSR count). The molecule has 40 heavy (non-hydrogen) atoms. The van der Waals surface area contributed by atoms with Gasteiger partial charge in [-0.3, -0.25) is 24.1 Å². The van der Waals surface area contributed by atoms with E-state index in [4.69, 9.17) is 9.47 Å². The van der Waals surface area contributed by atoms with Crippen molar-refractivity contribution in [2.45, 2.75) is 20.8 Å². The molecule has 1 heterocycles. The molecule has 1 aliphatic rings. The van der Waals surface area contributed by atoms with E-state index in [0.717, 1.165) is 33.4 Å². The third-order valence-corrected chi connectivity index (χ3v) is 7.09. The van der Waals surface area contributed by atoms with Crippen molar-refractivity contribution in [2.24, 2.45) is 0 Å². The molecule has 0 bridgehead atoms. The Labute approximate surface area is 236 Å². The molecule has 9 nitrogen and oxygen atoms in total. The Morgan fingerprint density at radius 3 is 2.27 bits per heavy atom. The van der Waals surface area contributed by atoms with Gasteiger partial charge in [0.05, 0.1) is 12.0 Å². The SMILES string of the molecule is COc1cc(/C=C2\SC(=O)N(CC(=O)Nc3c(C)cccc3C)C2=O)ccc1OCC(=O)Nc1ccccc1C. The third-order valence-electron chi connectivity index (χ3n) is 6.18. The van der Waals surface area contributed by atoms with Crippen LogP contribution in [0.25, 0.3) is 6.08 Å². The molecule has 3 aromatic carbocycles. The molecule has 4 amide bonds. The second-order valence-electron chi connectivity index (χ2n) is 9.14. The van der Waals surface area contributed by atoms with Gasteiger partial charge in [-0.15, -0.1) is 0 Å². The summed E-state index contributed by atoms with van der Waals surface area (Å²) in [7, 11) is 1.46. The number of thioether (sulfide) groups is 1. The standard InChI is InChI=1S/C30H29N3O6S/c1-18-8-5-6-11-22(18)31-27(35)17-39-23-13-12-21(14-24(23)38-4)15-25-29(36)33(30(37)40-25)16-26(34)32-28-19(2)9-7-10-20(28)3/h5-15H,16-17H2,1-4H3,(H,31,35)(H,32,34)/b25-15-. The van der Waals surface area contributed by atoms with E-state index in [-0.39, 0.29) is 17.4 Å². The summed E-state index contributed by atoms with van der Waals surface area (Å²) >= 11 is 0.759. The Bertz CT molecular complexity index is 1500. The average Bonchev–Trinajstić information content (AvgIpc) is 3.18. The minimum absolute atomic E-state index is 0.179. The van der Waals surface area contributed by atoms with E-state index >= 15 is 0 Å². The highest BCUT2D eigenvalue weighted by Crippen LogP contribution is 2.34. The van der Waals surface area contributed by atoms with Crippen molar-refractivity contribution in [1.29, 1.82) is 0 Å². The van der Waals surface area contributed by atoms with Crippen LogP contribution in [0.4, 0.5) is 16.2 Å². The predicted molar refractivity (Wildman–Crippen MR) is 156 cm³/mol. The Morgan fingerprint density at radius 1 is 0.875 bits per heavy atom. The molecular formula is C30H29N3O6S. The first-order valence-corrected chi connectivity index (χ1v) is 13.3. The van der Waals surface area contributed by atoms with Crippen molar-refractivity contribution in [2.75, 3.05) is 30.9 Å². The molecule has 0 saturated carbocycles. The number of carbonyl (C=O) groups excluding carboxylic acids is 4. The summed E-state index contributed by atoms with van der Waals surface area (Å²) < 4.78 is 11.1. The van der Waals surface area contributed by atoms with Crippen LogP contribution in [0.15, 0.2) is 65.6 Å². The number of hydrogen-bond donors (Lipinski definition) is 2. The molecule has 1 fully saturated rings. The van der Waals surface area contributed by atoms with Gasteiger partial charge in [-0.1, -0.05) is 42.5 Å². The van der Waals surface area contributed by atoms with Crippen molar-refractivity contribution < 1.29 is 28.7 Å². The maximum absolute atomic E-state index is 13.0. The van der Waals surface area contributed by atoms with Crippen molar-refractivity contribution in [3.05, 3.63) is 87.8 Å². The lowest BCUT2D eigenvalue weighted by atomic mass is 10.1. The smallest absolute Gasteiger partial charge is 0.294 e. The number of imide groups is 1. The fourth-order valence-corrected chi connectivity index (χ4v) is 4.90. The quantitative estimate of drug-likeness (QED) is 0.342. The first kappa shape index (κ1) is 28.4. The maximum Gasteiger partial charge on any atom is 0.294 e. The van der Waals surface area contributed by atoms with Crippen LogP contribution in [0.1, 0.15) is 22.3 Å². The number of methoxy groups -OCH3 is 1. The van der Waals surface area contributed by atoms with E-state index in [2.05, 4.69) is 10.6 Å². The van der Waals surface area contributed by atoms with Crippen LogP contribution in [0, 0.1) is 20.8 Å². The van der Waals surface area contributed by atoms with Gasteiger partial charge in [0.25, 0.3) is 17.1 Å². The van der Waals surface area contributed by atoms with Crippen molar-refractivity contribution >= 4 is 52.2 Å². The van der Waals surface area contributed by atoms with Crippen LogP contribution in [-0.4, -0.2) is 48.1 Å². The Hall–Kier alpha value is -4.57. The number of amides is 4. The number of ether oxygens (including phenoxy) is 2. The van der Waals surface area contributed by atoms with Gasteiger partial charge < -0.3 is 20.1 Å². The van der Waals surface area contributed by atoms with Gasteiger partial charge in [-0.05, 0) is 79.1 Å². The molecule has 3 aromatic rings. The molecule has 0 aromatic heterocycles. The summed E-state index contributed by atoms with van der Waals surface area (Å²) in [5, 5.41) is 5.07. The summed E-state index contributed by atoms with van der Waals surface area (Å²) in [6.45, 7) is 5.02. The third kappa shape index (κ3) is 6.70. The molecular weight excluding hydrogens is 530 g/mol. The molecule has 10 heteroatoms. The number of carbonyl (C=O) groups is 4. The van der Waals surface area contributed by atoms with Crippen LogP contribution in [0.5, 0.6) is 11.5 Å². The fourth-order valence-electron chi connectivity index (χ4n) is 4.06. The predicted octanol–water partition coefficient (Wildman–Crippen LogP) is 5.31. The molecule has 0 aliphatic carbocycles. The van der Waals surface area contributed by atoms with Gasteiger partial charge in [0, 0.05) is 11.4 Å². The summed E-state index contributed by atoms with van der Waals surface area (Å²) in [5.41, 5.74) is 4.65. The zero-order chi connectivity index (χ0) is 28.8. The van der Waals surface area contributed by atoms with Crippen LogP contribution in [-0.2, 0) is 14.4 Å². The zero-order valence-corrected chi connectivity index (χ0v) is 23.4. The van der Waals surface area contributed by atoms with Gasteiger partial charge in [-0.25, -0.2) is 0 Å². The first-order chi connectivity index (χ1) is 19.2. The molecule has 0 radical (unpaired) electrons. The first-order valence-electron chi connectivity index (χ1n) is 12.4. The van der Waals surface area contributed by atoms with E-state index < -0.39 is 23.6 Å². The van der Waals surface area contributed by atoms with Crippen LogP contribution < -0.4 is 20.1 Å². The maximum atomic E-state index is 13.0. The van der Waals surface area contributed by atoms with Crippen LogP contribution in [0.2, 0.25) is 0 Å². The lowest BCUT2D eigenvalue weighted by Gasteiger charge is -2.15. The lowest BCUT2D eigenvalue weighted by molar-refractivity contribution is -0.127. The Morgan fingerprint density at radius 2 is 1.57 bits per heavy atom. The molecule has 206 valence electrons. The minimum Gasteiger partial charge on any atom is -0.493 e. The fraction of sp³-hybridized carbons (Fsp3) is 0.200. The van der Waals surface area contributed by atoms with Crippen molar-refractivity contribution in [3.63, 3.8) is 0 Å². The normalized spacial score (nSPS) is 13.9. The summed E-state index contributed by atoms with van der Waals surface area (Å²) in [4.78, 5) is 51.6. The van der Waals surface area contributed by atoms with E-state index in [0.29, 0.717) is 28.4 Å². The number of nitrogens with zero attached hydrogens (tertiary/aromatic N) is 1. The minimum atomic E-state index is -0.557. The second kappa shape index (κ2) is 12.5. The summed E-state index contributed by atoms with van der Waals surface area (Å²) in [5.74, 6) is -0.648. The van der Waals surface area contributed by atoms with Gasteiger partial charge >= 0.3 is 0 Å². The van der Waals surface area contributed by atoms with Crippen LogP contribution in [0.3, 0.4) is 0 Å². The number of anilines is 2. The molecule has 1 aliphatic heterocycles. The number of para-hydroxylation sites is 2. The Balaban J connectivity index is 1.40. The summed E-state index contributed by atoms with van der Waals surface area (Å²) in [6.07, 6.45) is 1.55. The molecule has 0 spiro atoms. The zero-order valence-electron chi connectivity index (χ0n) is 22.6. The number of aryl methyl sites for hydroxylation is 3.